The number of methoxy groups -OCH3 is 1. The summed E-state index contributed by atoms with van der Waals surface area (Å²) in [5, 5.41) is 0. The molecule has 0 aliphatic carbocycles. The molecule has 0 rings (SSSR count). The summed E-state index contributed by atoms with van der Waals surface area (Å²) in [6.07, 6.45) is 25.2. The molecule has 0 aromatic carbocycles. The minimum absolute atomic E-state index is 0.229. The third kappa shape index (κ3) is 20.1. The van der Waals surface area contributed by atoms with Gasteiger partial charge in [0.05, 0.1) is 13.0 Å². The fraction of sp³-hybridized carbons (Fsp3) is 0.931. The van der Waals surface area contributed by atoms with E-state index in [4.69, 9.17) is 9.47 Å². The quantitative estimate of drug-likeness (QED) is 0.105. The van der Waals surface area contributed by atoms with Crippen LogP contribution in [0.15, 0.2) is 0 Å². The molecular formula is C29H56O4. The predicted octanol–water partition coefficient (Wildman–Crippen LogP) is 8.94. The molecule has 0 spiro atoms. The molecule has 2 atom stereocenters. The standard InChI is InChI=1S/C29H56O4/c1-5-7-9-11-13-14-15-16-17-19-20-22-24-27(29(31)32-4)28(33-26(3)30)25-23-21-18-12-10-8-6-2/h27-28H,5-25H2,1-4H3/t27-,28-/m0/s1. The lowest BCUT2D eigenvalue weighted by atomic mass is 9.91. The zero-order chi connectivity index (χ0) is 24.6. The fourth-order valence-electron chi connectivity index (χ4n) is 4.67. The van der Waals surface area contributed by atoms with Crippen LogP contribution in [0.1, 0.15) is 156 Å². The Morgan fingerprint density at radius 1 is 0.576 bits per heavy atom. The van der Waals surface area contributed by atoms with Gasteiger partial charge in [0.1, 0.15) is 6.10 Å². The van der Waals surface area contributed by atoms with Gasteiger partial charge in [-0.2, -0.15) is 0 Å². The van der Waals surface area contributed by atoms with E-state index in [-0.39, 0.29) is 24.0 Å². The number of rotatable bonds is 24. The molecule has 33 heavy (non-hydrogen) atoms. The van der Waals surface area contributed by atoms with Crippen molar-refractivity contribution in [1.82, 2.24) is 0 Å². The Balaban J connectivity index is 4.19. The van der Waals surface area contributed by atoms with E-state index in [1.807, 2.05) is 0 Å². The van der Waals surface area contributed by atoms with Crippen LogP contribution in [0, 0.1) is 5.92 Å². The van der Waals surface area contributed by atoms with Gasteiger partial charge in [0.25, 0.3) is 0 Å². The second-order valence-electron chi connectivity index (χ2n) is 9.87. The Bertz CT molecular complexity index is 449. The third-order valence-electron chi connectivity index (χ3n) is 6.73. The molecule has 0 fully saturated rings. The highest BCUT2D eigenvalue weighted by atomic mass is 16.6. The first kappa shape index (κ1) is 31.9. The minimum atomic E-state index is -0.349. The number of hydrogen-bond acceptors (Lipinski definition) is 4. The first-order valence-electron chi connectivity index (χ1n) is 14.3. The van der Waals surface area contributed by atoms with Crippen LogP contribution in [0.2, 0.25) is 0 Å². The van der Waals surface area contributed by atoms with Crippen LogP contribution < -0.4 is 0 Å². The van der Waals surface area contributed by atoms with Crippen LogP contribution in [0.25, 0.3) is 0 Å². The zero-order valence-electron chi connectivity index (χ0n) is 22.6. The molecule has 4 heteroatoms. The molecule has 0 radical (unpaired) electrons. The van der Waals surface area contributed by atoms with Crippen LogP contribution in [0.5, 0.6) is 0 Å². The number of carbonyl (C=O) groups is 2. The molecule has 0 N–H and O–H groups in total. The van der Waals surface area contributed by atoms with E-state index in [9.17, 15) is 9.59 Å². The van der Waals surface area contributed by atoms with E-state index >= 15 is 0 Å². The monoisotopic (exact) mass is 468 g/mol. The Morgan fingerprint density at radius 2 is 0.939 bits per heavy atom. The maximum atomic E-state index is 12.5. The molecular weight excluding hydrogens is 412 g/mol. The Kier molecular flexibility index (Phi) is 23.3. The maximum absolute atomic E-state index is 12.5. The molecule has 0 aliphatic rings. The van der Waals surface area contributed by atoms with Gasteiger partial charge in [-0.15, -0.1) is 0 Å². The van der Waals surface area contributed by atoms with E-state index in [2.05, 4.69) is 13.8 Å². The lowest BCUT2D eigenvalue weighted by molar-refractivity contribution is -0.160. The Labute approximate surface area is 206 Å². The molecule has 0 heterocycles. The highest BCUT2D eigenvalue weighted by Crippen LogP contribution is 2.24. The van der Waals surface area contributed by atoms with E-state index in [0.717, 1.165) is 38.5 Å². The average molecular weight is 469 g/mol. The summed E-state index contributed by atoms with van der Waals surface area (Å²) in [4.78, 5) is 24.1. The van der Waals surface area contributed by atoms with Crippen LogP contribution in [0.4, 0.5) is 0 Å². The molecule has 0 unspecified atom stereocenters. The normalized spacial score (nSPS) is 13.0. The topological polar surface area (TPSA) is 52.6 Å². The molecule has 0 amide bonds. The second-order valence-corrected chi connectivity index (χ2v) is 9.87. The van der Waals surface area contributed by atoms with Crippen molar-refractivity contribution in [3.8, 4) is 0 Å². The fourth-order valence-corrected chi connectivity index (χ4v) is 4.67. The molecule has 0 saturated carbocycles. The molecule has 0 aromatic rings. The van der Waals surface area contributed by atoms with Crippen molar-refractivity contribution in [2.45, 2.75) is 162 Å². The summed E-state index contributed by atoms with van der Waals surface area (Å²) in [6, 6.07) is 0. The lowest BCUT2D eigenvalue weighted by Crippen LogP contribution is -2.33. The van der Waals surface area contributed by atoms with Crippen LogP contribution >= 0.6 is 0 Å². The van der Waals surface area contributed by atoms with Gasteiger partial charge in [-0.3, -0.25) is 9.59 Å². The minimum Gasteiger partial charge on any atom is -0.469 e. The van der Waals surface area contributed by atoms with Gasteiger partial charge in [0.2, 0.25) is 0 Å². The van der Waals surface area contributed by atoms with Crippen molar-refractivity contribution in [3.05, 3.63) is 0 Å². The van der Waals surface area contributed by atoms with Gasteiger partial charge in [-0.05, 0) is 19.3 Å². The van der Waals surface area contributed by atoms with Gasteiger partial charge in [0, 0.05) is 6.92 Å². The number of carbonyl (C=O) groups excluding carboxylic acids is 2. The Hall–Kier alpha value is -1.06. The smallest absolute Gasteiger partial charge is 0.312 e. The summed E-state index contributed by atoms with van der Waals surface area (Å²) >= 11 is 0. The van der Waals surface area contributed by atoms with Crippen molar-refractivity contribution < 1.29 is 19.1 Å². The summed E-state index contributed by atoms with van der Waals surface area (Å²) in [6.45, 7) is 5.93. The van der Waals surface area contributed by atoms with Crippen LogP contribution in [0.3, 0.4) is 0 Å². The average Bonchev–Trinajstić information content (AvgIpc) is 2.80. The molecule has 0 aliphatic heterocycles. The summed E-state index contributed by atoms with van der Waals surface area (Å²) in [5.41, 5.74) is 0. The number of hydrogen-bond donors (Lipinski definition) is 0. The van der Waals surface area contributed by atoms with Crippen LogP contribution in [-0.2, 0) is 19.1 Å². The predicted molar refractivity (Wildman–Crippen MR) is 139 cm³/mol. The van der Waals surface area contributed by atoms with Gasteiger partial charge >= 0.3 is 11.9 Å². The van der Waals surface area contributed by atoms with Crippen molar-refractivity contribution in [2.75, 3.05) is 7.11 Å². The van der Waals surface area contributed by atoms with Crippen molar-refractivity contribution in [3.63, 3.8) is 0 Å². The maximum Gasteiger partial charge on any atom is 0.312 e. The van der Waals surface area contributed by atoms with Gasteiger partial charge in [-0.25, -0.2) is 0 Å². The highest BCUT2D eigenvalue weighted by molar-refractivity contribution is 5.74. The molecule has 4 nitrogen and oxygen atoms in total. The molecule has 196 valence electrons. The summed E-state index contributed by atoms with van der Waals surface area (Å²) in [7, 11) is 1.44. The highest BCUT2D eigenvalue weighted by Gasteiger charge is 2.30. The van der Waals surface area contributed by atoms with Crippen molar-refractivity contribution in [1.29, 1.82) is 0 Å². The first-order chi connectivity index (χ1) is 16.1. The lowest BCUT2D eigenvalue weighted by Gasteiger charge is -2.25. The van der Waals surface area contributed by atoms with Crippen molar-refractivity contribution in [2.24, 2.45) is 5.92 Å². The van der Waals surface area contributed by atoms with Gasteiger partial charge < -0.3 is 9.47 Å². The second kappa shape index (κ2) is 24.1. The largest absolute Gasteiger partial charge is 0.469 e. The molecule has 0 bridgehead atoms. The number of ether oxygens (including phenoxy) is 2. The zero-order valence-corrected chi connectivity index (χ0v) is 22.6. The third-order valence-corrected chi connectivity index (χ3v) is 6.73. The van der Waals surface area contributed by atoms with E-state index < -0.39 is 0 Å². The number of unbranched alkanes of at least 4 members (excludes halogenated alkanes) is 17. The summed E-state index contributed by atoms with van der Waals surface area (Å²) in [5.74, 6) is -0.860. The van der Waals surface area contributed by atoms with Gasteiger partial charge in [-0.1, -0.05) is 129 Å². The first-order valence-corrected chi connectivity index (χ1v) is 14.3. The van der Waals surface area contributed by atoms with Gasteiger partial charge in [0.15, 0.2) is 0 Å². The number of esters is 2. The Morgan fingerprint density at radius 3 is 1.30 bits per heavy atom. The SMILES string of the molecule is CCCCCCCCCCCCCC[C@H](C(=O)OC)[C@H](CCCCCCCCC)OC(C)=O. The summed E-state index contributed by atoms with van der Waals surface area (Å²) < 4.78 is 10.7. The van der Waals surface area contributed by atoms with Crippen molar-refractivity contribution >= 4 is 11.9 Å². The molecule has 0 saturated heterocycles. The van der Waals surface area contributed by atoms with Crippen LogP contribution in [-0.4, -0.2) is 25.2 Å². The van der Waals surface area contributed by atoms with E-state index in [1.165, 1.54) is 110 Å². The molecule has 0 aromatic heterocycles. The van der Waals surface area contributed by atoms with E-state index in [0.29, 0.717) is 0 Å². The van der Waals surface area contributed by atoms with E-state index in [1.54, 1.807) is 0 Å².